The molecule has 4 rings (SSSR count). The topological polar surface area (TPSA) is 85.3 Å². The molecule has 1 amide bonds. The molecule has 0 saturated carbocycles. The summed E-state index contributed by atoms with van der Waals surface area (Å²) >= 11 is 0. The van der Waals surface area contributed by atoms with Crippen molar-refractivity contribution in [3.8, 4) is 17.2 Å². The number of hydrogen-bond acceptors (Lipinski definition) is 6. The van der Waals surface area contributed by atoms with Crippen LogP contribution in [-0.2, 0) is 22.6 Å². The number of carbonyl (C=O) groups is 2. The highest BCUT2D eigenvalue weighted by Gasteiger charge is 2.46. The van der Waals surface area contributed by atoms with E-state index in [2.05, 4.69) is 0 Å². The lowest BCUT2D eigenvalue weighted by Crippen LogP contribution is -2.29. The summed E-state index contributed by atoms with van der Waals surface area (Å²) in [5.41, 5.74) is 3.02. The zero-order chi connectivity index (χ0) is 25.8. The van der Waals surface area contributed by atoms with E-state index < -0.39 is 17.7 Å². The summed E-state index contributed by atoms with van der Waals surface area (Å²) in [6.07, 6.45) is 0.848. The predicted molar refractivity (Wildman–Crippen MR) is 136 cm³/mol. The molecule has 1 aliphatic rings. The molecule has 186 valence electrons. The van der Waals surface area contributed by atoms with Gasteiger partial charge in [-0.3, -0.25) is 9.59 Å². The van der Waals surface area contributed by atoms with Gasteiger partial charge in [0.1, 0.15) is 11.5 Å². The van der Waals surface area contributed by atoms with E-state index in [1.165, 1.54) is 12.0 Å². The lowest BCUT2D eigenvalue weighted by Gasteiger charge is -2.26. The molecule has 1 saturated heterocycles. The summed E-state index contributed by atoms with van der Waals surface area (Å²) in [4.78, 5) is 28.1. The lowest BCUT2D eigenvalue weighted by molar-refractivity contribution is -0.140. The van der Waals surface area contributed by atoms with Crippen LogP contribution in [0.5, 0.6) is 17.2 Å². The lowest BCUT2D eigenvalue weighted by atomic mass is 9.94. The van der Waals surface area contributed by atoms with Gasteiger partial charge in [-0.2, -0.15) is 0 Å². The summed E-state index contributed by atoms with van der Waals surface area (Å²) in [5, 5.41) is 11.3. The number of ether oxygens (including phenoxy) is 3. The van der Waals surface area contributed by atoms with Crippen molar-refractivity contribution < 1.29 is 28.9 Å². The van der Waals surface area contributed by atoms with Crippen LogP contribution in [0.15, 0.2) is 72.3 Å². The first kappa shape index (κ1) is 24.9. The predicted octanol–water partition coefficient (Wildman–Crippen LogP) is 4.90. The van der Waals surface area contributed by atoms with Gasteiger partial charge >= 0.3 is 0 Å². The molecule has 0 aromatic heterocycles. The van der Waals surface area contributed by atoms with Gasteiger partial charge in [-0.15, -0.1) is 0 Å². The number of nitrogens with zero attached hydrogens (tertiary/aromatic N) is 1. The smallest absolute Gasteiger partial charge is 0.295 e. The number of aliphatic hydroxyl groups is 1. The van der Waals surface area contributed by atoms with Crippen LogP contribution in [0.1, 0.15) is 35.2 Å². The summed E-state index contributed by atoms with van der Waals surface area (Å²) in [5.74, 6) is 0.0172. The molecule has 7 nitrogen and oxygen atoms in total. The number of amides is 1. The first-order chi connectivity index (χ1) is 17.4. The average molecular weight is 488 g/mol. The van der Waals surface area contributed by atoms with Gasteiger partial charge in [-0.1, -0.05) is 49.4 Å². The fraction of sp³-hybridized carbons (Fsp3) is 0.241. The van der Waals surface area contributed by atoms with Gasteiger partial charge in [0.2, 0.25) is 0 Å². The van der Waals surface area contributed by atoms with Crippen molar-refractivity contribution in [1.82, 2.24) is 4.90 Å². The van der Waals surface area contributed by atoms with E-state index in [4.69, 9.17) is 14.2 Å². The molecule has 0 bridgehead atoms. The third-order valence-electron chi connectivity index (χ3n) is 6.39. The van der Waals surface area contributed by atoms with E-state index in [0.717, 1.165) is 17.5 Å². The molecule has 1 aliphatic heterocycles. The summed E-state index contributed by atoms with van der Waals surface area (Å²) in [7, 11) is 4.63. The minimum absolute atomic E-state index is 0.0398. The SMILES string of the molecule is CCc1ccc(/C(O)=C2\C(=O)C(=O)N(Cc3ccc(OC)c(OC)c3)C2c2cccc(OC)c2)cc1. The number of benzene rings is 3. The Morgan fingerprint density at radius 3 is 2.19 bits per heavy atom. The molecule has 7 heteroatoms. The quantitative estimate of drug-likeness (QED) is 0.276. The minimum Gasteiger partial charge on any atom is -0.507 e. The first-order valence-corrected chi connectivity index (χ1v) is 11.6. The van der Waals surface area contributed by atoms with E-state index in [1.807, 2.05) is 31.2 Å². The van der Waals surface area contributed by atoms with Gasteiger partial charge in [0.25, 0.3) is 11.7 Å². The van der Waals surface area contributed by atoms with Crippen LogP contribution in [0.25, 0.3) is 5.76 Å². The van der Waals surface area contributed by atoms with E-state index in [-0.39, 0.29) is 17.9 Å². The highest BCUT2D eigenvalue weighted by Crippen LogP contribution is 2.41. The van der Waals surface area contributed by atoms with Crippen LogP contribution in [0, 0.1) is 0 Å². The van der Waals surface area contributed by atoms with Crippen LogP contribution in [0.4, 0.5) is 0 Å². The average Bonchev–Trinajstić information content (AvgIpc) is 3.17. The Morgan fingerprint density at radius 1 is 0.861 bits per heavy atom. The zero-order valence-electron chi connectivity index (χ0n) is 20.8. The van der Waals surface area contributed by atoms with Crippen molar-refractivity contribution in [2.24, 2.45) is 0 Å². The molecule has 1 heterocycles. The number of Topliss-reactive ketones (excluding diaryl/α,β-unsaturated/α-hetero) is 1. The highest BCUT2D eigenvalue weighted by atomic mass is 16.5. The number of carbonyl (C=O) groups excluding carboxylic acids is 2. The Balaban J connectivity index is 1.84. The number of aryl methyl sites for hydroxylation is 1. The maximum absolute atomic E-state index is 13.3. The molecule has 1 atom stereocenters. The van der Waals surface area contributed by atoms with Crippen molar-refractivity contribution in [3.05, 3.63) is 94.6 Å². The standard InChI is InChI=1S/C29H29NO6/c1-5-18-9-12-20(13-10-18)27(31)25-26(21-7-6-8-22(16-21)34-2)30(29(33)28(25)32)17-19-11-14-23(35-3)24(15-19)36-4/h6-16,26,31H,5,17H2,1-4H3/b27-25+. The van der Waals surface area contributed by atoms with Gasteiger partial charge in [0, 0.05) is 12.1 Å². The molecule has 1 unspecified atom stereocenters. The number of likely N-dealkylation sites (tertiary alicyclic amines) is 1. The highest BCUT2D eigenvalue weighted by molar-refractivity contribution is 6.46. The fourth-order valence-electron chi connectivity index (χ4n) is 4.43. The molecule has 0 radical (unpaired) electrons. The number of ketones is 1. The van der Waals surface area contributed by atoms with Crippen LogP contribution in [-0.4, -0.2) is 43.0 Å². The molecule has 0 aliphatic carbocycles. The Kier molecular flexibility index (Phi) is 7.29. The van der Waals surface area contributed by atoms with Crippen molar-refractivity contribution in [1.29, 1.82) is 0 Å². The normalized spacial score (nSPS) is 16.8. The largest absolute Gasteiger partial charge is 0.507 e. The Hall–Kier alpha value is -4.26. The second kappa shape index (κ2) is 10.6. The Morgan fingerprint density at radius 2 is 1.56 bits per heavy atom. The van der Waals surface area contributed by atoms with Crippen LogP contribution in [0.3, 0.4) is 0 Å². The van der Waals surface area contributed by atoms with Gasteiger partial charge in [-0.25, -0.2) is 0 Å². The zero-order valence-corrected chi connectivity index (χ0v) is 20.8. The Bertz CT molecular complexity index is 1310. The maximum atomic E-state index is 13.3. The first-order valence-electron chi connectivity index (χ1n) is 11.6. The van der Waals surface area contributed by atoms with Crippen molar-refractivity contribution >= 4 is 17.4 Å². The van der Waals surface area contributed by atoms with Gasteiger partial charge in [0.05, 0.1) is 32.9 Å². The molecule has 3 aromatic rings. The number of aliphatic hydroxyl groups excluding tert-OH is 1. The van der Waals surface area contributed by atoms with Crippen molar-refractivity contribution in [2.45, 2.75) is 25.9 Å². The Labute approximate surface area is 210 Å². The van der Waals surface area contributed by atoms with E-state index in [1.54, 1.807) is 56.7 Å². The molecular weight excluding hydrogens is 458 g/mol. The molecule has 36 heavy (non-hydrogen) atoms. The third-order valence-corrected chi connectivity index (χ3v) is 6.39. The number of methoxy groups -OCH3 is 3. The van der Waals surface area contributed by atoms with Gasteiger partial charge < -0.3 is 24.2 Å². The van der Waals surface area contributed by atoms with Crippen LogP contribution >= 0.6 is 0 Å². The van der Waals surface area contributed by atoms with E-state index in [0.29, 0.717) is 28.4 Å². The maximum Gasteiger partial charge on any atom is 0.295 e. The third kappa shape index (κ3) is 4.64. The molecule has 1 N–H and O–H groups in total. The van der Waals surface area contributed by atoms with Crippen molar-refractivity contribution in [3.63, 3.8) is 0 Å². The number of rotatable bonds is 8. The van der Waals surface area contributed by atoms with Gasteiger partial charge in [-0.05, 0) is 47.4 Å². The van der Waals surface area contributed by atoms with Crippen molar-refractivity contribution in [2.75, 3.05) is 21.3 Å². The summed E-state index contributed by atoms with van der Waals surface area (Å²) < 4.78 is 16.1. The molecule has 1 fully saturated rings. The second-order valence-corrected chi connectivity index (χ2v) is 8.44. The molecular formula is C29H29NO6. The van der Waals surface area contributed by atoms with E-state index >= 15 is 0 Å². The monoisotopic (exact) mass is 487 g/mol. The fourth-order valence-corrected chi connectivity index (χ4v) is 4.43. The summed E-state index contributed by atoms with van der Waals surface area (Å²) in [6.45, 7) is 2.16. The van der Waals surface area contributed by atoms with E-state index in [9.17, 15) is 14.7 Å². The van der Waals surface area contributed by atoms with Crippen LogP contribution in [0.2, 0.25) is 0 Å². The van der Waals surface area contributed by atoms with Crippen LogP contribution < -0.4 is 14.2 Å². The molecule has 3 aromatic carbocycles. The second-order valence-electron chi connectivity index (χ2n) is 8.44. The minimum atomic E-state index is -0.806. The van der Waals surface area contributed by atoms with Gasteiger partial charge in [0.15, 0.2) is 11.5 Å². The number of hydrogen-bond donors (Lipinski definition) is 1. The summed E-state index contributed by atoms with van der Waals surface area (Å²) in [6, 6.07) is 19.0. The molecule has 0 spiro atoms.